The van der Waals surface area contributed by atoms with Crippen molar-refractivity contribution in [3.8, 4) is 0 Å². The summed E-state index contributed by atoms with van der Waals surface area (Å²) < 4.78 is 0. The van der Waals surface area contributed by atoms with Gasteiger partial charge < -0.3 is 15.1 Å². The number of halogens is 2. The van der Waals surface area contributed by atoms with Crippen LogP contribution in [0, 0.1) is 5.92 Å². The fraction of sp³-hybridized carbons (Fsp3) is 0.696. The van der Waals surface area contributed by atoms with Gasteiger partial charge in [-0.2, -0.15) is 0 Å². The van der Waals surface area contributed by atoms with Crippen LogP contribution in [0.4, 0.5) is 10.5 Å². The zero-order valence-corrected chi connectivity index (χ0v) is 19.6. The van der Waals surface area contributed by atoms with Crippen LogP contribution in [0.15, 0.2) is 18.2 Å². The van der Waals surface area contributed by atoms with E-state index >= 15 is 0 Å². The average molecular weight is 453 g/mol. The summed E-state index contributed by atoms with van der Waals surface area (Å²) in [5, 5.41) is 4.47. The number of hydrogen-bond donors (Lipinski definition) is 1. The Morgan fingerprint density at radius 3 is 2.37 bits per heavy atom. The Bertz CT molecular complexity index is 737. The molecule has 5 nitrogen and oxygen atoms in total. The molecule has 3 fully saturated rings. The number of fused-ring (bicyclic) bond motifs is 2. The predicted octanol–water partition coefficient (Wildman–Crippen LogP) is 4.87. The molecule has 2 aliphatic heterocycles. The highest BCUT2D eigenvalue weighted by molar-refractivity contribution is 6.43. The number of carbonyl (C=O) groups excluding carboxylic acids is 1. The van der Waals surface area contributed by atoms with Crippen molar-refractivity contribution >= 4 is 34.9 Å². The largest absolute Gasteiger partial charge is 0.367 e. The average Bonchev–Trinajstić information content (AvgIpc) is 2.96. The smallest absolute Gasteiger partial charge is 0.317 e. The topological polar surface area (TPSA) is 38.8 Å². The maximum absolute atomic E-state index is 11.9. The molecule has 2 heterocycles. The number of hydrogen-bond acceptors (Lipinski definition) is 3. The van der Waals surface area contributed by atoms with Gasteiger partial charge in [0.25, 0.3) is 0 Å². The van der Waals surface area contributed by atoms with E-state index in [2.05, 4.69) is 21.2 Å². The minimum absolute atomic E-state index is 0.0349. The third-order valence-corrected chi connectivity index (χ3v) is 8.09. The number of anilines is 1. The first-order valence-corrected chi connectivity index (χ1v) is 12.1. The van der Waals surface area contributed by atoms with Gasteiger partial charge in [-0.1, -0.05) is 29.3 Å². The lowest BCUT2D eigenvalue weighted by molar-refractivity contribution is 0.147. The summed E-state index contributed by atoms with van der Waals surface area (Å²) in [5.41, 5.74) is 1.08. The molecule has 1 N–H and O–H groups in total. The molecule has 0 spiro atoms. The first kappa shape index (κ1) is 22.0. The number of piperazine rings is 1. The maximum Gasteiger partial charge on any atom is 0.317 e. The maximum atomic E-state index is 11.9. The van der Waals surface area contributed by atoms with E-state index in [0.29, 0.717) is 28.2 Å². The fourth-order valence-electron chi connectivity index (χ4n) is 5.52. The van der Waals surface area contributed by atoms with E-state index in [0.717, 1.165) is 37.5 Å². The molecule has 3 aliphatic rings. The molecule has 166 valence electrons. The molecule has 2 saturated heterocycles. The van der Waals surface area contributed by atoms with Crippen LogP contribution in [0.3, 0.4) is 0 Å². The summed E-state index contributed by atoms with van der Waals surface area (Å²) in [6.07, 6.45) is 8.51. The number of amides is 2. The lowest BCUT2D eigenvalue weighted by Gasteiger charge is -2.43. The number of carbonyl (C=O) groups is 1. The van der Waals surface area contributed by atoms with Crippen molar-refractivity contribution in [2.75, 3.05) is 38.6 Å². The highest BCUT2D eigenvalue weighted by Gasteiger charge is 2.40. The molecule has 2 atom stereocenters. The molecule has 1 aliphatic carbocycles. The van der Waals surface area contributed by atoms with Crippen molar-refractivity contribution in [1.82, 2.24) is 15.1 Å². The molecule has 0 unspecified atom stereocenters. The fourth-order valence-corrected chi connectivity index (χ4v) is 5.93. The van der Waals surface area contributed by atoms with E-state index in [1.54, 1.807) is 19.0 Å². The first-order valence-electron chi connectivity index (χ1n) is 11.3. The molecular weight excluding hydrogens is 419 g/mol. The van der Waals surface area contributed by atoms with Gasteiger partial charge in [-0.25, -0.2) is 4.79 Å². The van der Waals surface area contributed by atoms with Gasteiger partial charge in [0.05, 0.1) is 15.7 Å². The SMILES string of the molecule is CN(C)C(=O)N[C@H]1CC[C@H](CCN2[C@@H]3CC[C@H]2CN(c2cccc(Cl)c2Cl)C3)CC1. The Morgan fingerprint density at radius 1 is 1.07 bits per heavy atom. The van der Waals surface area contributed by atoms with E-state index in [1.807, 2.05) is 12.1 Å². The Hall–Kier alpha value is -1.17. The quantitative estimate of drug-likeness (QED) is 0.692. The molecule has 2 bridgehead atoms. The number of nitrogens with zero attached hydrogens (tertiary/aromatic N) is 3. The van der Waals surface area contributed by atoms with Crippen LogP contribution in [-0.4, -0.2) is 67.7 Å². The number of urea groups is 1. The second-order valence-electron chi connectivity index (χ2n) is 9.45. The Balaban J connectivity index is 1.25. The Morgan fingerprint density at radius 2 is 1.73 bits per heavy atom. The summed E-state index contributed by atoms with van der Waals surface area (Å²) in [5.74, 6) is 0.789. The second-order valence-corrected chi connectivity index (χ2v) is 10.2. The van der Waals surface area contributed by atoms with Gasteiger partial charge in [-0.15, -0.1) is 0 Å². The van der Waals surface area contributed by atoms with Crippen LogP contribution in [-0.2, 0) is 0 Å². The summed E-state index contributed by atoms with van der Waals surface area (Å²) in [4.78, 5) is 18.7. The Labute approximate surface area is 190 Å². The van der Waals surface area contributed by atoms with Gasteiger partial charge in [-0.3, -0.25) is 4.90 Å². The van der Waals surface area contributed by atoms with Crippen molar-refractivity contribution < 1.29 is 4.79 Å². The van der Waals surface area contributed by atoms with Crippen LogP contribution in [0.5, 0.6) is 0 Å². The molecule has 2 amide bonds. The molecule has 1 aromatic rings. The summed E-state index contributed by atoms with van der Waals surface area (Å²) in [6, 6.07) is 7.57. The zero-order chi connectivity index (χ0) is 21.3. The zero-order valence-electron chi connectivity index (χ0n) is 18.1. The molecule has 4 rings (SSSR count). The van der Waals surface area contributed by atoms with Crippen LogP contribution in [0.25, 0.3) is 0 Å². The van der Waals surface area contributed by atoms with E-state index in [9.17, 15) is 4.79 Å². The van der Waals surface area contributed by atoms with Crippen molar-refractivity contribution in [3.63, 3.8) is 0 Å². The molecule has 30 heavy (non-hydrogen) atoms. The van der Waals surface area contributed by atoms with Crippen LogP contribution in [0.1, 0.15) is 44.9 Å². The molecule has 7 heteroatoms. The van der Waals surface area contributed by atoms with Gasteiger partial charge in [-0.05, 0) is 69.5 Å². The summed E-state index contributed by atoms with van der Waals surface area (Å²) in [6.45, 7) is 3.28. The number of nitrogens with one attached hydrogen (secondary N) is 1. The van der Waals surface area contributed by atoms with Crippen molar-refractivity contribution in [2.45, 2.75) is 63.1 Å². The first-order chi connectivity index (χ1) is 14.4. The molecule has 0 aromatic heterocycles. The number of rotatable bonds is 5. The highest BCUT2D eigenvalue weighted by Crippen LogP contribution is 2.38. The third-order valence-electron chi connectivity index (χ3n) is 7.28. The number of benzene rings is 1. The van der Waals surface area contributed by atoms with Gasteiger partial charge in [0.2, 0.25) is 0 Å². The summed E-state index contributed by atoms with van der Waals surface area (Å²) >= 11 is 12.7. The van der Waals surface area contributed by atoms with Crippen molar-refractivity contribution in [1.29, 1.82) is 0 Å². The van der Waals surface area contributed by atoms with Crippen LogP contribution >= 0.6 is 23.2 Å². The highest BCUT2D eigenvalue weighted by atomic mass is 35.5. The molecule has 0 radical (unpaired) electrons. The second kappa shape index (κ2) is 9.54. The van der Waals surface area contributed by atoms with Crippen LogP contribution in [0.2, 0.25) is 10.0 Å². The van der Waals surface area contributed by atoms with Crippen molar-refractivity contribution in [3.05, 3.63) is 28.2 Å². The van der Waals surface area contributed by atoms with Gasteiger partial charge in [0.15, 0.2) is 0 Å². The lowest BCUT2D eigenvalue weighted by Crippen LogP contribution is -2.54. The monoisotopic (exact) mass is 452 g/mol. The Kier molecular flexibility index (Phi) is 7.01. The van der Waals surface area contributed by atoms with E-state index in [4.69, 9.17) is 23.2 Å². The third kappa shape index (κ3) is 4.84. The van der Waals surface area contributed by atoms with Gasteiger partial charge in [0, 0.05) is 45.3 Å². The van der Waals surface area contributed by atoms with Gasteiger partial charge >= 0.3 is 6.03 Å². The van der Waals surface area contributed by atoms with E-state index in [1.165, 1.54) is 38.6 Å². The van der Waals surface area contributed by atoms with E-state index < -0.39 is 0 Å². The van der Waals surface area contributed by atoms with Gasteiger partial charge in [0.1, 0.15) is 0 Å². The standard InChI is InChI=1S/C23H34Cl2N4O/c1-27(2)23(30)26-17-8-6-16(7-9-17)12-13-29-18-10-11-19(29)15-28(14-18)21-5-3-4-20(24)22(21)25/h3-5,16-19H,6-15H2,1-2H3,(H,26,30)/t16-,17-,18-,19+. The van der Waals surface area contributed by atoms with E-state index in [-0.39, 0.29) is 6.03 Å². The molecular formula is C23H34Cl2N4O. The molecule has 1 saturated carbocycles. The normalized spacial score (nSPS) is 29.1. The lowest BCUT2D eigenvalue weighted by atomic mass is 9.84. The summed E-state index contributed by atoms with van der Waals surface area (Å²) in [7, 11) is 3.60. The minimum atomic E-state index is 0.0349. The predicted molar refractivity (Wildman–Crippen MR) is 125 cm³/mol. The minimum Gasteiger partial charge on any atom is -0.367 e. The van der Waals surface area contributed by atoms with Crippen LogP contribution < -0.4 is 10.2 Å². The van der Waals surface area contributed by atoms with Crippen molar-refractivity contribution in [2.24, 2.45) is 5.92 Å². The molecule has 1 aromatic carbocycles.